The Labute approximate surface area is 147 Å². The number of nitrogens with zero attached hydrogens (tertiary/aromatic N) is 1. The first-order valence-corrected chi connectivity index (χ1v) is 8.49. The molecule has 1 aliphatic heterocycles. The van der Waals surface area contributed by atoms with Gasteiger partial charge in [-0.25, -0.2) is 0 Å². The predicted octanol–water partition coefficient (Wildman–Crippen LogP) is 1.52. The number of ether oxygens (including phenoxy) is 2. The summed E-state index contributed by atoms with van der Waals surface area (Å²) in [5, 5.41) is 10.1. The van der Waals surface area contributed by atoms with Gasteiger partial charge in [-0.05, 0) is 30.5 Å². The van der Waals surface area contributed by atoms with Crippen LogP contribution < -0.4 is 4.74 Å². The van der Waals surface area contributed by atoms with Crippen LogP contribution in [0, 0.1) is 11.8 Å². The van der Waals surface area contributed by atoms with Crippen LogP contribution in [0.4, 0.5) is 0 Å². The van der Waals surface area contributed by atoms with Gasteiger partial charge in [-0.1, -0.05) is 24.3 Å². The molecule has 1 aromatic carbocycles. The first kappa shape index (κ1) is 17.6. The van der Waals surface area contributed by atoms with Crippen molar-refractivity contribution in [1.82, 2.24) is 4.90 Å². The number of allylic oxidation sites excluding steroid dienone is 2. The van der Waals surface area contributed by atoms with E-state index >= 15 is 0 Å². The Bertz CT molecular complexity index is 628. The molecule has 134 valence electrons. The lowest BCUT2D eigenvalue weighted by atomic mass is 9.85. The number of amides is 2. The van der Waals surface area contributed by atoms with Crippen LogP contribution in [0.2, 0.25) is 0 Å². The van der Waals surface area contributed by atoms with Crippen LogP contribution >= 0.6 is 0 Å². The van der Waals surface area contributed by atoms with Gasteiger partial charge in [-0.15, -0.1) is 0 Å². The fourth-order valence-electron chi connectivity index (χ4n) is 3.35. The van der Waals surface area contributed by atoms with Crippen LogP contribution in [-0.2, 0) is 20.9 Å². The zero-order chi connectivity index (χ0) is 17.8. The Morgan fingerprint density at radius 3 is 2.28 bits per heavy atom. The summed E-state index contributed by atoms with van der Waals surface area (Å²) in [5.74, 6) is -0.0947. The molecular weight excluding hydrogens is 322 g/mol. The van der Waals surface area contributed by atoms with E-state index < -0.39 is 6.10 Å². The second kappa shape index (κ2) is 7.80. The maximum absolute atomic E-state index is 12.3. The molecule has 0 bridgehead atoms. The SMILES string of the molecule is COc1ccc(COCC(O)CN2C(=O)C3CC=CCC3C2=O)cc1. The number of rotatable bonds is 7. The van der Waals surface area contributed by atoms with Gasteiger partial charge in [-0.3, -0.25) is 14.5 Å². The zero-order valence-corrected chi connectivity index (χ0v) is 14.3. The molecule has 1 N–H and O–H groups in total. The second-order valence-corrected chi connectivity index (χ2v) is 6.46. The van der Waals surface area contributed by atoms with Gasteiger partial charge in [0.15, 0.2) is 0 Å². The van der Waals surface area contributed by atoms with Crippen molar-refractivity contribution >= 4 is 11.8 Å². The molecule has 0 saturated carbocycles. The molecule has 25 heavy (non-hydrogen) atoms. The first-order valence-electron chi connectivity index (χ1n) is 8.49. The number of β-amino-alcohol motifs (C(OH)–C–C–N with tert-alkyl or cyclic N) is 1. The van der Waals surface area contributed by atoms with Gasteiger partial charge in [0.2, 0.25) is 11.8 Å². The van der Waals surface area contributed by atoms with E-state index in [1.54, 1.807) is 7.11 Å². The number of carbonyl (C=O) groups excluding carboxylic acids is 2. The van der Waals surface area contributed by atoms with Crippen LogP contribution in [0.3, 0.4) is 0 Å². The Morgan fingerprint density at radius 2 is 1.72 bits per heavy atom. The number of hydrogen-bond donors (Lipinski definition) is 1. The summed E-state index contributed by atoms with van der Waals surface area (Å²) in [6.07, 6.45) is 4.22. The Kier molecular flexibility index (Phi) is 5.50. The molecule has 2 amide bonds. The van der Waals surface area contributed by atoms with Gasteiger partial charge in [0.1, 0.15) is 5.75 Å². The molecule has 1 aliphatic carbocycles. The minimum absolute atomic E-state index is 0.00667. The molecule has 0 aromatic heterocycles. The van der Waals surface area contributed by atoms with E-state index in [4.69, 9.17) is 9.47 Å². The number of hydrogen-bond acceptors (Lipinski definition) is 5. The lowest BCUT2D eigenvalue weighted by Crippen LogP contribution is -2.39. The number of carbonyl (C=O) groups is 2. The van der Waals surface area contributed by atoms with Crippen molar-refractivity contribution in [3.05, 3.63) is 42.0 Å². The second-order valence-electron chi connectivity index (χ2n) is 6.46. The summed E-state index contributed by atoms with van der Waals surface area (Å²) in [7, 11) is 1.61. The fraction of sp³-hybridized carbons (Fsp3) is 0.474. The van der Waals surface area contributed by atoms with Crippen molar-refractivity contribution in [1.29, 1.82) is 0 Å². The van der Waals surface area contributed by atoms with Gasteiger partial charge in [0.05, 0.1) is 44.8 Å². The number of methoxy groups -OCH3 is 1. The maximum Gasteiger partial charge on any atom is 0.233 e. The van der Waals surface area contributed by atoms with Crippen LogP contribution in [0.15, 0.2) is 36.4 Å². The summed E-state index contributed by atoms with van der Waals surface area (Å²) >= 11 is 0. The van der Waals surface area contributed by atoms with E-state index in [9.17, 15) is 14.7 Å². The highest BCUT2D eigenvalue weighted by molar-refractivity contribution is 6.05. The highest BCUT2D eigenvalue weighted by Crippen LogP contribution is 2.35. The predicted molar refractivity (Wildman–Crippen MR) is 90.7 cm³/mol. The molecular formula is C19H23NO5. The van der Waals surface area contributed by atoms with E-state index in [1.165, 1.54) is 4.90 Å². The standard InChI is InChI=1S/C19H23NO5/c1-24-15-8-6-13(7-9-15)11-25-12-14(21)10-20-18(22)16-4-2-3-5-17(16)19(20)23/h2-3,6-9,14,16-17,21H,4-5,10-12H2,1H3. The molecule has 3 atom stereocenters. The van der Waals surface area contributed by atoms with Gasteiger partial charge in [-0.2, -0.15) is 0 Å². The molecule has 0 spiro atoms. The smallest absolute Gasteiger partial charge is 0.233 e. The lowest BCUT2D eigenvalue weighted by Gasteiger charge is -2.19. The first-order chi connectivity index (χ1) is 12.1. The summed E-state index contributed by atoms with van der Waals surface area (Å²) in [5.41, 5.74) is 0.957. The van der Waals surface area contributed by atoms with Crippen LogP contribution in [0.25, 0.3) is 0 Å². The van der Waals surface area contributed by atoms with Crippen molar-refractivity contribution in [2.75, 3.05) is 20.3 Å². The molecule has 1 saturated heterocycles. The van der Waals surface area contributed by atoms with E-state index in [1.807, 2.05) is 36.4 Å². The minimum atomic E-state index is -0.890. The van der Waals surface area contributed by atoms with E-state index in [-0.39, 0.29) is 36.8 Å². The summed E-state index contributed by atoms with van der Waals surface area (Å²) in [6, 6.07) is 7.45. The molecule has 1 aromatic rings. The molecule has 6 nitrogen and oxygen atoms in total. The Morgan fingerprint density at radius 1 is 1.12 bits per heavy atom. The number of imide groups is 1. The zero-order valence-electron chi connectivity index (χ0n) is 14.3. The largest absolute Gasteiger partial charge is 0.497 e. The third-order valence-electron chi connectivity index (χ3n) is 4.73. The quantitative estimate of drug-likeness (QED) is 0.599. The maximum atomic E-state index is 12.3. The Hall–Kier alpha value is -2.18. The van der Waals surface area contributed by atoms with Crippen LogP contribution in [0.5, 0.6) is 5.75 Å². The fourth-order valence-corrected chi connectivity index (χ4v) is 3.35. The van der Waals surface area contributed by atoms with Crippen molar-refractivity contribution in [2.45, 2.75) is 25.6 Å². The van der Waals surface area contributed by atoms with Crippen molar-refractivity contribution in [3.63, 3.8) is 0 Å². The van der Waals surface area contributed by atoms with Crippen LogP contribution in [0.1, 0.15) is 18.4 Å². The number of aliphatic hydroxyl groups excluding tert-OH is 1. The monoisotopic (exact) mass is 345 g/mol. The third-order valence-corrected chi connectivity index (χ3v) is 4.73. The topological polar surface area (TPSA) is 76.1 Å². The van der Waals surface area contributed by atoms with Crippen LogP contribution in [-0.4, -0.2) is 48.2 Å². The average molecular weight is 345 g/mol. The molecule has 1 heterocycles. The number of benzene rings is 1. The van der Waals surface area contributed by atoms with E-state index in [0.29, 0.717) is 19.4 Å². The normalized spacial score (nSPS) is 23.7. The van der Waals surface area contributed by atoms with Crippen molar-refractivity contribution in [2.24, 2.45) is 11.8 Å². The number of aliphatic hydroxyl groups is 1. The van der Waals surface area contributed by atoms with Crippen molar-refractivity contribution < 1.29 is 24.2 Å². The van der Waals surface area contributed by atoms with Gasteiger partial charge in [0, 0.05) is 0 Å². The minimum Gasteiger partial charge on any atom is -0.497 e. The van der Waals surface area contributed by atoms with Gasteiger partial charge < -0.3 is 14.6 Å². The number of likely N-dealkylation sites (tertiary alicyclic amines) is 1. The van der Waals surface area contributed by atoms with Gasteiger partial charge in [0.25, 0.3) is 0 Å². The summed E-state index contributed by atoms with van der Waals surface area (Å²) < 4.78 is 10.6. The molecule has 3 unspecified atom stereocenters. The molecule has 3 rings (SSSR count). The highest BCUT2D eigenvalue weighted by atomic mass is 16.5. The van der Waals surface area contributed by atoms with E-state index in [0.717, 1.165) is 11.3 Å². The third kappa shape index (κ3) is 3.91. The average Bonchev–Trinajstić information content (AvgIpc) is 2.88. The molecule has 6 heteroatoms. The number of fused-ring (bicyclic) bond motifs is 1. The van der Waals surface area contributed by atoms with E-state index in [2.05, 4.69) is 0 Å². The summed E-state index contributed by atoms with van der Waals surface area (Å²) in [4.78, 5) is 25.9. The van der Waals surface area contributed by atoms with Gasteiger partial charge >= 0.3 is 0 Å². The molecule has 1 fully saturated rings. The van der Waals surface area contributed by atoms with Crippen molar-refractivity contribution in [3.8, 4) is 5.75 Å². The lowest BCUT2D eigenvalue weighted by molar-refractivity contribution is -0.142. The molecule has 2 aliphatic rings. The Balaban J connectivity index is 1.46. The summed E-state index contributed by atoms with van der Waals surface area (Å²) in [6.45, 7) is 0.405. The molecule has 0 radical (unpaired) electrons. The highest BCUT2D eigenvalue weighted by Gasteiger charge is 2.47.